The SMILES string of the molecule is CC1CCC(CI)(OCc2ccccc2Cl)CC1. The number of halogens is 2. The van der Waals surface area contributed by atoms with E-state index in [1.165, 1.54) is 25.7 Å². The second kappa shape index (κ2) is 6.58. The van der Waals surface area contributed by atoms with Gasteiger partial charge in [0, 0.05) is 9.45 Å². The van der Waals surface area contributed by atoms with Gasteiger partial charge in [0.1, 0.15) is 0 Å². The van der Waals surface area contributed by atoms with E-state index >= 15 is 0 Å². The second-order valence-corrected chi connectivity index (χ2v) is 6.55. The van der Waals surface area contributed by atoms with Gasteiger partial charge in [-0.1, -0.05) is 59.3 Å². The van der Waals surface area contributed by atoms with Crippen LogP contribution in [0.3, 0.4) is 0 Å². The first-order valence-corrected chi connectivity index (χ1v) is 8.49. The third-order valence-corrected chi connectivity index (χ3v) is 5.68. The van der Waals surface area contributed by atoms with Crippen LogP contribution in [0.1, 0.15) is 38.2 Å². The maximum Gasteiger partial charge on any atom is 0.0776 e. The van der Waals surface area contributed by atoms with Gasteiger partial charge < -0.3 is 4.74 Å². The standard InChI is InChI=1S/C15H20ClIO/c1-12-6-8-15(11-17,9-7-12)18-10-13-4-2-3-5-14(13)16/h2-5,12H,6-11H2,1H3. The molecule has 1 fully saturated rings. The molecule has 0 saturated heterocycles. The van der Waals surface area contributed by atoms with Gasteiger partial charge in [0.05, 0.1) is 12.2 Å². The highest BCUT2D eigenvalue weighted by Crippen LogP contribution is 2.37. The molecule has 0 N–H and O–H groups in total. The molecule has 0 aromatic heterocycles. The number of hydrogen-bond donors (Lipinski definition) is 0. The molecule has 1 aromatic carbocycles. The first kappa shape index (κ1) is 14.6. The van der Waals surface area contributed by atoms with Gasteiger partial charge in [-0.2, -0.15) is 0 Å². The molecule has 3 heteroatoms. The molecule has 0 spiro atoms. The zero-order valence-corrected chi connectivity index (χ0v) is 13.7. The molecule has 0 aliphatic heterocycles. The highest BCUT2D eigenvalue weighted by atomic mass is 127. The van der Waals surface area contributed by atoms with E-state index in [0.717, 1.165) is 20.9 Å². The summed E-state index contributed by atoms with van der Waals surface area (Å²) in [6.45, 7) is 2.97. The Morgan fingerprint density at radius 1 is 1.33 bits per heavy atom. The van der Waals surface area contributed by atoms with Crippen LogP contribution in [-0.2, 0) is 11.3 Å². The van der Waals surface area contributed by atoms with E-state index in [1.807, 2.05) is 18.2 Å². The minimum Gasteiger partial charge on any atom is -0.369 e. The molecular formula is C15H20ClIO. The quantitative estimate of drug-likeness (QED) is 0.514. The van der Waals surface area contributed by atoms with Crippen LogP contribution in [-0.4, -0.2) is 10.0 Å². The lowest BCUT2D eigenvalue weighted by Gasteiger charge is -2.38. The molecule has 0 bridgehead atoms. The summed E-state index contributed by atoms with van der Waals surface area (Å²) in [4.78, 5) is 0. The van der Waals surface area contributed by atoms with Crippen molar-refractivity contribution in [3.05, 3.63) is 34.9 Å². The van der Waals surface area contributed by atoms with E-state index in [1.54, 1.807) is 0 Å². The van der Waals surface area contributed by atoms with Crippen molar-refractivity contribution in [1.29, 1.82) is 0 Å². The van der Waals surface area contributed by atoms with Crippen molar-refractivity contribution < 1.29 is 4.74 Å². The Balaban J connectivity index is 1.97. The van der Waals surface area contributed by atoms with Crippen molar-refractivity contribution in [2.24, 2.45) is 5.92 Å². The molecule has 1 aliphatic carbocycles. The minimum atomic E-state index is 0.0756. The highest BCUT2D eigenvalue weighted by molar-refractivity contribution is 14.1. The van der Waals surface area contributed by atoms with Crippen molar-refractivity contribution >= 4 is 34.2 Å². The third-order valence-electron chi connectivity index (χ3n) is 3.92. The van der Waals surface area contributed by atoms with Gasteiger partial charge in [-0.15, -0.1) is 0 Å². The Morgan fingerprint density at radius 2 is 2.00 bits per heavy atom. The molecule has 0 heterocycles. The summed E-state index contributed by atoms with van der Waals surface area (Å²) in [6, 6.07) is 7.96. The third kappa shape index (κ3) is 3.61. The average molecular weight is 379 g/mol. The number of alkyl halides is 1. The summed E-state index contributed by atoms with van der Waals surface area (Å²) in [5.41, 5.74) is 1.17. The first-order chi connectivity index (χ1) is 8.65. The molecule has 1 aliphatic rings. The molecule has 0 unspecified atom stereocenters. The molecule has 1 saturated carbocycles. The summed E-state index contributed by atoms with van der Waals surface area (Å²) in [5.74, 6) is 0.852. The van der Waals surface area contributed by atoms with Crippen molar-refractivity contribution in [3.63, 3.8) is 0 Å². The lowest BCUT2D eigenvalue weighted by atomic mass is 9.80. The molecular weight excluding hydrogens is 359 g/mol. The monoisotopic (exact) mass is 378 g/mol. The van der Waals surface area contributed by atoms with Crippen LogP contribution in [0.2, 0.25) is 5.02 Å². The number of rotatable bonds is 4. The number of hydrogen-bond acceptors (Lipinski definition) is 1. The van der Waals surface area contributed by atoms with Crippen LogP contribution in [0, 0.1) is 5.92 Å². The summed E-state index contributed by atoms with van der Waals surface area (Å²) in [5, 5.41) is 0.810. The van der Waals surface area contributed by atoms with Crippen molar-refractivity contribution in [3.8, 4) is 0 Å². The van der Waals surface area contributed by atoms with Crippen LogP contribution in [0.5, 0.6) is 0 Å². The summed E-state index contributed by atoms with van der Waals surface area (Å²) in [6.07, 6.45) is 4.93. The zero-order valence-electron chi connectivity index (χ0n) is 10.8. The van der Waals surface area contributed by atoms with Crippen LogP contribution < -0.4 is 0 Å². The number of ether oxygens (including phenoxy) is 1. The Labute approximate surface area is 128 Å². The van der Waals surface area contributed by atoms with E-state index in [-0.39, 0.29) is 5.60 Å². The molecule has 0 radical (unpaired) electrons. The minimum absolute atomic E-state index is 0.0756. The van der Waals surface area contributed by atoms with Crippen LogP contribution in [0.15, 0.2) is 24.3 Å². The summed E-state index contributed by atoms with van der Waals surface area (Å²) < 4.78 is 7.31. The van der Waals surface area contributed by atoms with E-state index in [4.69, 9.17) is 16.3 Å². The molecule has 2 rings (SSSR count). The predicted octanol–water partition coefficient (Wildman–Crippen LogP) is 5.24. The van der Waals surface area contributed by atoms with Gasteiger partial charge in [0.15, 0.2) is 0 Å². The van der Waals surface area contributed by atoms with Gasteiger partial charge >= 0.3 is 0 Å². The fourth-order valence-electron chi connectivity index (χ4n) is 2.45. The normalized spacial score (nSPS) is 28.3. The Hall–Kier alpha value is 0.200. The lowest BCUT2D eigenvalue weighted by molar-refractivity contribution is -0.0675. The predicted molar refractivity (Wildman–Crippen MR) is 85.5 cm³/mol. The van der Waals surface area contributed by atoms with Crippen molar-refractivity contribution in [2.75, 3.05) is 4.43 Å². The number of benzene rings is 1. The van der Waals surface area contributed by atoms with Gasteiger partial charge in [0.25, 0.3) is 0 Å². The van der Waals surface area contributed by atoms with Crippen LogP contribution >= 0.6 is 34.2 Å². The topological polar surface area (TPSA) is 9.23 Å². The van der Waals surface area contributed by atoms with Gasteiger partial charge in [-0.05, 0) is 43.2 Å². The van der Waals surface area contributed by atoms with E-state index in [2.05, 4.69) is 35.6 Å². The van der Waals surface area contributed by atoms with Crippen molar-refractivity contribution in [1.82, 2.24) is 0 Å². The van der Waals surface area contributed by atoms with Crippen LogP contribution in [0.25, 0.3) is 0 Å². The first-order valence-electron chi connectivity index (χ1n) is 6.58. The van der Waals surface area contributed by atoms with Crippen LogP contribution in [0.4, 0.5) is 0 Å². The summed E-state index contributed by atoms with van der Waals surface area (Å²) in [7, 11) is 0. The Morgan fingerprint density at radius 3 is 2.61 bits per heavy atom. The average Bonchev–Trinajstić information content (AvgIpc) is 2.40. The van der Waals surface area contributed by atoms with Crippen molar-refractivity contribution in [2.45, 2.75) is 44.8 Å². The lowest BCUT2D eigenvalue weighted by Crippen LogP contribution is -2.38. The molecule has 100 valence electrons. The largest absolute Gasteiger partial charge is 0.369 e. The van der Waals surface area contributed by atoms with E-state index < -0.39 is 0 Å². The zero-order chi connectivity index (χ0) is 13.0. The molecule has 1 aromatic rings. The Kier molecular flexibility index (Phi) is 5.34. The smallest absolute Gasteiger partial charge is 0.0776 e. The molecule has 18 heavy (non-hydrogen) atoms. The van der Waals surface area contributed by atoms with E-state index in [0.29, 0.717) is 6.61 Å². The molecule has 0 atom stereocenters. The Bertz CT molecular complexity index is 386. The molecule has 0 amide bonds. The fourth-order valence-corrected chi connectivity index (χ4v) is 3.62. The second-order valence-electron chi connectivity index (χ2n) is 5.38. The molecule has 1 nitrogen and oxygen atoms in total. The highest BCUT2D eigenvalue weighted by Gasteiger charge is 2.34. The van der Waals surface area contributed by atoms with Gasteiger partial charge in [-0.3, -0.25) is 0 Å². The van der Waals surface area contributed by atoms with Gasteiger partial charge in [-0.25, -0.2) is 0 Å². The van der Waals surface area contributed by atoms with E-state index in [9.17, 15) is 0 Å². The fraction of sp³-hybridized carbons (Fsp3) is 0.600. The maximum absolute atomic E-state index is 6.24. The maximum atomic E-state index is 6.24. The van der Waals surface area contributed by atoms with Gasteiger partial charge in [0.2, 0.25) is 0 Å². The summed E-state index contributed by atoms with van der Waals surface area (Å²) >= 11 is 8.63.